The van der Waals surface area contributed by atoms with Crippen molar-refractivity contribution in [2.24, 2.45) is 0 Å². The summed E-state index contributed by atoms with van der Waals surface area (Å²) < 4.78 is 0. The van der Waals surface area contributed by atoms with Crippen LogP contribution in [0.3, 0.4) is 0 Å². The zero-order valence-electron chi connectivity index (χ0n) is 13.1. The van der Waals surface area contributed by atoms with Crippen LogP contribution in [0, 0.1) is 0 Å². The van der Waals surface area contributed by atoms with E-state index in [4.69, 9.17) is 0 Å². The van der Waals surface area contributed by atoms with Gasteiger partial charge in [0.2, 0.25) is 5.91 Å². The maximum atomic E-state index is 12.4. The Morgan fingerprint density at radius 3 is 2.96 bits per heavy atom. The molecule has 2 aliphatic heterocycles. The standard InChI is InChI=1S/C16H19N5OS/c1-19-8-15(22)21(13-3-7-23-9-13)11-16(19)4-6-20(10-16)14-2-5-17-12-18-14/h2-3,5,7,9,12H,4,6,8,10-11H2,1H3/t16-/m0/s1. The van der Waals surface area contributed by atoms with Gasteiger partial charge in [0, 0.05) is 31.2 Å². The van der Waals surface area contributed by atoms with E-state index in [0.717, 1.165) is 37.6 Å². The summed E-state index contributed by atoms with van der Waals surface area (Å²) in [5.74, 6) is 1.14. The maximum Gasteiger partial charge on any atom is 0.241 e. The molecule has 0 saturated carbocycles. The second kappa shape index (κ2) is 5.58. The summed E-state index contributed by atoms with van der Waals surface area (Å²) in [6.07, 6.45) is 4.40. The number of anilines is 2. The lowest BCUT2D eigenvalue weighted by Crippen LogP contribution is -2.64. The molecule has 2 aromatic rings. The third-order valence-corrected chi connectivity index (χ3v) is 5.65. The number of carbonyl (C=O) groups excluding carboxylic acids is 1. The molecule has 2 aliphatic rings. The quantitative estimate of drug-likeness (QED) is 0.835. The third kappa shape index (κ3) is 2.49. The fourth-order valence-electron chi connectivity index (χ4n) is 3.57. The number of hydrogen-bond acceptors (Lipinski definition) is 6. The maximum absolute atomic E-state index is 12.4. The summed E-state index contributed by atoms with van der Waals surface area (Å²) in [7, 11) is 2.06. The summed E-state index contributed by atoms with van der Waals surface area (Å²) in [4.78, 5) is 27.3. The monoisotopic (exact) mass is 329 g/mol. The van der Waals surface area contributed by atoms with Crippen molar-refractivity contribution in [1.82, 2.24) is 14.9 Å². The highest BCUT2D eigenvalue weighted by Gasteiger charge is 2.48. The van der Waals surface area contributed by atoms with Gasteiger partial charge in [0.15, 0.2) is 0 Å². The topological polar surface area (TPSA) is 52.6 Å². The highest BCUT2D eigenvalue weighted by molar-refractivity contribution is 7.08. The molecule has 7 heteroatoms. The van der Waals surface area contributed by atoms with Gasteiger partial charge in [-0.15, -0.1) is 0 Å². The van der Waals surface area contributed by atoms with Gasteiger partial charge in [-0.1, -0.05) is 0 Å². The summed E-state index contributed by atoms with van der Waals surface area (Å²) in [6, 6.07) is 3.97. The summed E-state index contributed by atoms with van der Waals surface area (Å²) in [5, 5.41) is 4.07. The molecular formula is C16H19N5OS. The molecule has 2 aromatic heterocycles. The molecular weight excluding hydrogens is 310 g/mol. The molecule has 6 nitrogen and oxygen atoms in total. The van der Waals surface area contributed by atoms with Crippen LogP contribution in [0.15, 0.2) is 35.4 Å². The van der Waals surface area contributed by atoms with Crippen LogP contribution in [0.25, 0.3) is 0 Å². The fourth-order valence-corrected chi connectivity index (χ4v) is 4.21. The average molecular weight is 329 g/mol. The molecule has 2 saturated heterocycles. The van der Waals surface area contributed by atoms with E-state index in [-0.39, 0.29) is 11.4 Å². The number of rotatable bonds is 2. The molecule has 0 aromatic carbocycles. The van der Waals surface area contributed by atoms with E-state index in [2.05, 4.69) is 26.8 Å². The van der Waals surface area contributed by atoms with Gasteiger partial charge in [-0.3, -0.25) is 9.69 Å². The van der Waals surface area contributed by atoms with Crippen LogP contribution in [0.1, 0.15) is 6.42 Å². The highest BCUT2D eigenvalue weighted by Crippen LogP contribution is 2.35. The van der Waals surface area contributed by atoms with Crippen LogP contribution in [-0.4, -0.2) is 59.5 Å². The Labute approximate surface area is 139 Å². The Morgan fingerprint density at radius 2 is 2.22 bits per heavy atom. The van der Waals surface area contributed by atoms with Gasteiger partial charge < -0.3 is 9.80 Å². The van der Waals surface area contributed by atoms with Gasteiger partial charge >= 0.3 is 0 Å². The molecule has 1 amide bonds. The van der Waals surface area contributed by atoms with E-state index >= 15 is 0 Å². The minimum atomic E-state index is -0.0131. The molecule has 0 bridgehead atoms. The van der Waals surface area contributed by atoms with E-state index < -0.39 is 0 Å². The molecule has 2 fully saturated rings. The zero-order valence-corrected chi connectivity index (χ0v) is 13.9. The van der Waals surface area contributed by atoms with Gasteiger partial charge in [-0.05, 0) is 31.0 Å². The van der Waals surface area contributed by atoms with Crippen LogP contribution < -0.4 is 9.80 Å². The molecule has 23 heavy (non-hydrogen) atoms. The Kier molecular flexibility index (Phi) is 3.54. The molecule has 0 unspecified atom stereocenters. The Balaban J connectivity index is 1.59. The van der Waals surface area contributed by atoms with Crippen molar-refractivity contribution in [2.75, 3.05) is 43.0 Å². The van der Waals surface area contributed by atoms with Crippen LogP contribution >= 0.6 is 11.3 Å². The summed E-state index contributed by atoms with van der Waals surface area (Å²) in [6.45, 7) is 3.04. The van der Waals surface area contributed by atoms with E-state index in [1.807, 2.05) is 27.8 Å². The first kappa shape index (κ1) is 14.6. The fraction of sp³-hybridized carbons (Fsp3) is 0.438. The predicted octanol–water partition coefficient (Wildman–Crippen LogP) is 1.47. The second-order valence-electron chi connectivity index (χ2n) is 6.28. The number of piperazine rings is 1. The molecule has 1 spiro atoms. The van der Waals surface area contributed by atoms with Crippen LogP contribution in [0.5, 0.6) is 0 Å². The number of nitrogens with zero attached hydrogens (tertiary/aromatic N) is 5. The molecule has 4 heterocycles. The molecule has 0 aliphatic carbocycles. The lowest BCUT2D eigenvalue weighted by atomic mass is 9.93. The van der Waals surface area contributed by atoms with E-state index in [1.165, 1.54) is 0 Å². The lowest BCUT2D eigenvalue weighted by molar-refractivity contribution is -0.123. The van der Waals surface area contributed by atoms with E-state index in [0.29, 0.717) is 6.54 Å². The Morgan fingerprint density at radius 1 is 1.30 bits per heavy atom. The average Bonchev–Trinajstić information content (AvgIpc) is 3.23. The summed E-state index contributed by atoms with van der Waals surface area (Å²) >= 11 is 1.63. The minimum absolute atomic E-state index is 0.0131. The highest BCUT2D eigenvalue weighted by atomic mass is 32.1. The van der Waals surface area contributed by atoms with Crippen molar-refractivity contribution in [3.8, 4) is 0 Å². The van der Waals surface area contributed by atoms with Crippen molar-refractivity contribution in [3.63, 3.8) is 0 Å². The van der Waals surface area contributed by atoms with E-state index in [9.17, 15) is 4.79 Å². The minimum Gasteiger partial charge on any atom is -0.355 e. The number of thiophene rings is 1. The van der Waals surface area contributed by atoms with Crippen molar-refractivity contribution < 1.29 is 4.79 Å². The smallest absolute Gasteiger partial charge is 0.241 e. The number of likely N-dealkylation sites (N-methyl/N-ethyl adjacent to an activating group) is 1. The predicted molar refractivity (Wildman–Crippen MR) is 90.9 cm³/mol. The molecule has 120 valence electrons. The molecule has 1 atom stereocenters. The van der Waals surface area contributed by atoms with Gasteiger partial charge in [0.25, 0.3) is 0 Å². The van der Waals surface area contributed by atoms with Crippen molar-refractivity contribution in [3.05, 3.63) is 35.4 Å². The summed E-state index contributed by atoms with van der Waals surface area (Å²) in [5.41, 5.74) is 1.01. The normalized spacial score (nSPS) is 25.5. The van der Waals surface area contributed by atoms with Gasteiger partial charge in [-0.2, -0.15) is 11.3 Å². The van der Waals surface area contributed by atoms with Gasteiger partial charge in [0.05, 0.1) is 17.8 Å². The number of aromatic nitrogens is 2. The SMILES string of the molecule is CN1CC(=O)N(c2ccsc2)C[C@@]12CCN(c1ccncn1)C2. The van der Waals surface area contributed by atoms with Crippen molar-refractivity contribution >= 4 is 28.7 Å². The van der Waals surface area contributed by atoms with Gasteiger partial charge in [-0.25, -0.2) is 9.97 Å². The molecule has 0 radical (unpaired) electrons. The number of hydrogen-bond donors (Lipinski definition) is 0. The lowest BCUT2D eigenvalue weighted by Gasteiger charge is -2.46. The van der Waals surface area contributed by atoms with E-state index in [1.54, 1.807) is 23.9 Å². The Hall–Kier alpha value is -1.99. The third-order valence-electron chi connectivity index (χ3n) is 4.98. The second-order valence-corrected chi connectivity index (χ2v) is 7.06. The zero-order chi connectivity index (χ0) is 15.9. The van der Waals surface area contributed by atoms with Crippen LogP contribution in [0.2, 0.25) is 0 Å². The Bertz CT molecular complexity index is 692. The van der Waals surface area contributed by atoms with Crippen LogP contribution in [0.4, 0.5) is 11.5 Å². The molecule has 0 N–H and O–H groups in total. The van der Waals surface area contributed by atoms with Crippen molar-refractivity contribution in [1.29, 1.82) is 0 Å². The first-order valence-electron chi connectivity index (χ1n) is 7.73. The first-order chi connectivity index (χ1) is 11.2. The number of amides is 1. The number of carbonyl (C=O) groups is 1. The van der Waals surface area contributed by atoms with Crippen LogP contribution in [-0.2, 0) is 4.79 Å². The molecule has 4 rings (SSSR count). The van der Waals surface area contributed by atoms with Crippen molar-refractivity contribution in [2.45, 2.75) is 12.0 Å². The van der Waals surface area contributed by atoms with Gasteiger partial charge in [0.1, 0.15) is 12.1 Å². The largest absolute Gasteiger partial charge is 0.355 e. The first-order valence-corrected chi connectivity index (χ1v) is 8.67.